The standard InChI is InChI=1S/C25H17F3N2O4S/c26-17-8-9-21(20(28)12-17)29-23(31)13-30-24(32)22(35-25(30)33)11-15-4-3-6-18(10-15)34-14-16-5-1-2-7-19(16)27/h1-12H,13-14H2,(H,29,31)/b22-11+. The summed E-state index contributed by atoms with van der Waals surface area (Å²) in [5, 5.41) is 1.55. The number of hydrogen-bond acceptors (Lipinski definition) is 5. The molecule has 0 spiro atoms. The molecule has 0 saturated carbocycles. The zero-order valence-electron chi connectivity index (χ0n) is 18.0. The molecular weight excluding hydrogens is 481 g/mol. The molecular formula is C25H17F3N2O4S. The van der Waals surface area contributed by atoms with E-state index in [1.54, 1.807) is 42.5 Å². The van der Waals surface area contributed by atoms with Gasteiger partial charge in [-0.2, -0.15) is 0 Å². The van der Waals surface area contributed by atoms with E-state index in [0.29, 0.717) is 34.7 Å². The molecule has 1 heterocycles. The molecule has 35 heavy (non-hydrogen) atoms. The molecule has 4 rings (SSSR count). The number of nitrogens with zero attached hydrogens (tertiary/aromatic N) is 1. The molecule has 10 heteroatoms. The molecule has 1 fully saturated rings. The van der Waals surface area contributed by atoms with Gasteiger partial charge in [0.15, 0.2) is 0 Å². The topological polar surface area (TPSA) is 75.7 Å². The molecule has 0 atom stereocenters. The van der Waals surface area contributed by atoms with Crippen molar-refractivity contribution < 1.29 is 32.3 Å². The molecule has 1 aliphatic heterocycles. The van der Waals surface area contributed by atoms with Crippen LogP contribution in [0.2, 0.25) is 0 Å². The minimum absolute atomic E-state index is 0.0103. The summed E-state index contributed by atoms with van der Waals surface area (Å²) in [5.41, 5.74) is 0.670. The van der Waals surface area contributed by atoms with Crippen LogP contribution >= 0.6 is 11.8 Å². The van der Waals surface area contributed by atoms with Crippen molar-refractivity contribution >= 4 is 40.6 Å². The van der Waals surface area contributed by atoms with Gasteiger partial charge < -0.3 is 10.1 Å². The quantitative estimate of drug-likeness (QED) is 0.444. The van der Waals surface area contributed by atoms with Crippen molar-refractivity contribution in [3.63, 3.8) is 0 Å². The molecule has 0 aliphatic carbocycles. The first-order valence-electron chi connectivity index (χ1n) is 10.3. The van der Waals surface area contributed by atoms with Gasteiger partial charge in [-0.1, -0.05) is 30.3 Å². The number of anilines is 1. The van der Waals surface area contributed by atoms with Crippen LogP contribution in [0.25, 0.3) is 6.08 Å². The number of rotatable bonds is 7. The maximum Gasteiger partial charge on any atom is 0.294 e. The Labute approximate surface area is 202 Å². The number of halogens is 3. The number of imide groups is 1. The molecule has 6 nitrogen and oxygen atoms in total. The summed E-state index contributed by atoms with van der Waals surface area (Å²) in [5.74, 6) is -3.25. The average molecular weight is 498 g/mol. The van der Waals surface area contributed by atoms with Crippen molar-refractivity contribution in [3.8, 4) is 5.75 Å². The Kier molecular flexibility index (Phi) is 7.21. The molecule has 3 aromatic carbocycles. The van der Waals surface area contributed by atoms with Crippen LogP contribution in [0.5, 0.6) is 5.75 Å². The first kappa shape index (κ1) is 24.1. The zero-order chi connectivity index (χ0) is 24.9. The number of ether oxygens (including phenoxy) is 1. The third-order valence-electron chi connectivity index (χ3n) is 4.89. The predicted molar refractivity (Wildman–Crippen MR) is 125 cm³/mol. The minimum atomic E-state index is -0.982. The van der Waals surface area contributed by atoms with Gasteiger partial charge in [-0.25, -0.2) is 13.2 Å². The van der Waals surface area contributed by atoms with E-state index in [9.17, 15) is 27.6 Å². The number of hydrogen-bond donors (Lipinski definition) is 1. The Bertz CT molecular complexity index is 1350. The Morgan fingerprint density at radius 2 is 1.77 bits per heavy atom. The smallest absolute Gasteiger partial charge is 0.294 e. The lowest BCUT2D eigenvalue weighted by Crippen LogP contribution is -2.36. The van der Waals surface area contributed by atoms with E-state index in [0.717, 1.165) is 17.0 Å². The second-order valence-corrected chi connectivity index (χ2v) is 8.39. The van der Waals surface area contributed by atoms with Crippen LogP contribution in [0.3, 0.4) is 0 Å². The van der Waals surface area contributed by atoms with Crippen molar-refractivity contribution in [2.75, 3.05) is 11.9 Å². The molecule has 3 aromatic rings. The lowest BCUT2D eigenvalue weighted by atomic mass is 10.2. The van der Waals surface area contributed by atoms with Gasteiger partial charge in [0.25, 0.3) is 11.1 Å². The predicted octanol–water partition coefficient (Wildman–Crippen LogP) is 5.36. The van der Waals surface area contributed by atoms with E-state index in [2.05, 4.69) is 5.32 Å². The van der Waals surface area contributed by atoms with Gasteiger partial charge in [0.05, 0.1) is 10.6 Å². The van der Waals surface area contributed by atoms with E-state index >= 15 is 0 Å². The van der Waals surface area contributed by atoms with Crippen LogP contribution in [0.4, 0.5) is 23.7 Å². The van der Waals surface area contributed by atoms with Crippen molar-refractivity contribution in [1.82, 2.24) is 4.90 Å². The minimum Gasteiger partial charge on any atom is -0.489 e. The molecule has 3 amide bonds. The number of amides is 3. The lowest BCUT2D eigenvalue weighted by molar-refractivity contribution is -0.127. The second kappa shape index (κ2) is 10.5. The largest absolute Gasteiger partial charge is 0.489 e. The van der Waals surface area contributed by atoms with Crippen LogP contribution in [-0.2, 0) is 16.2 Å². The van der Waals surface area contributed by atoms with Crippen molar-refractivity contribution in [2.24, 2.45) is 0 Å². The third-order valence-corrected chi connectivity index (χ3v) is 5.80. The van der Waals surface area contributed by atoms with Crippen LogP contribution < -0.4 is 10.1 Å². The Hall–Kier alpha value is -4.05. The number of thioether (sulfide) groups is 1. The maximum atomic E-state index is 13.8. The molecule has 0 radical (unpaired) electrons. The van der Waals surface area contributed by atoms with Crippen molar-refractivity contribution in [2.45, 2.75) is 6.61 Å². The summed E-state index contributed by atoms with van der Waals surface area (Å²) in [7, 11) is 0. The van der Waals surface area contributed by atoms with Gasteiger partial charge in [-0.05, 0) is 53.7 Å². The molecule has 1 N–H and O–H groups in total. The van der Waals surface area contributed by atoms with Gasteiger partial charge in [-0.3, -0.25) is 19.3 Å². The molecule has 0 bridgehead atoms. The Balaban J connectivity index is 1.41. The van der Waals surface area contributed by atoms with E-state index in [1.165, 1.54) is 12.1 Å². The van der Waals surface area contributed by atoms with E-state index in [4.69, 9.17) is 4.74 Å². The number of carbonyl (C=O) groups excluding carboxylic acids is 3. The second-order valence-electron chi connectivity index (χ2n) is 7.39. The van der Waals surface area contributed by atoms with Gasteiger partial charge >= 0.3 is 0 Å². The monoisotopic (exact) mass is 498 g/mol. The summed E-state index contributed by atoms with van der Waals surface area (Å²) in [6.45, 7) is -0.624. The zero-order valence-corrected chi connectivity index (χ0v) is 18.8. The summed E-state index contributed by atoms with van der Waals surface area (Å²) in [6, 6.07) is 15.5. The summed E-state index contributed by atoms with van der Waals surface area (Å²) in [6.07, 6.45) is 1.47. The first-order valence-corrected chi connectivity index (χ1v) is 11.1. The summed E-state index contributed by atoms with van der Waals surface area (Å²) >= 11 is 0.653. The van der Waals surface area contributed by atoms with Gasteiger partial charge in [0, 0.05) is 11.6 Å². The highest BCUT2D eigenvalue weighted by Gasteiger charge is 2.36. The van der Waals surface area contributed by atoms with Gasteiger partial charge in [0.2, 0.25) is 5.91 Å². The van der Waals surface area contributed by atoms with Gasteiger partial charge in [-0.15, -0.1) is 0 Å². The van der Waals surface area contributed by atoms with Crippen LogP contribution in [0.15, 0.2) is 71.6 Å². The number of nitrogens with one attached hydrogen (secondary N) is 1. The van der Waals surface area contributed by atoms with E-state index in [1.807, 2.05) is 0 Å². The SMILES string of the molecule is O=C(CN1C(=O)S/C(=C/c2cccc(OCc3ccccc3F)c2)C1=O)Nc1ccc(F)cc1F. The van der Waals surface area contributed by atoms with Crippen LogP contribution in [-0.4, -0.2) is 28.5 Å². The highest BCUT2D eigenvalue weighted by atomic mass is 32.2. The molecule has 0 aromatic heterocycles. The third kappa shape index (κ3) is 5.90. The molecule has 1 aliphatic rings. The number of benzene rings is 3. The highest BCUT2D eigenvalue weighted by molar-refractivity contribution is 8.18. The van der Waals surface area contributed by atoms with Crippen LogP contribution in [0.1, 0.15) is 11.1 Å². The fourth-order valence-electron chi connectivity index (χ4n) is 3.18. The molecule has 0 unspecified atom stereocenters. The van der Waals surface area contributed by atoms with Crippen molar-refractivity contribution in [3.05, 3.63) is 100 Å². The fraction of sp³-hybridized carbons (Fsp3) is 0.0800. The van der Waals surface area contributed by atoms with Gasteiger partial charge in [0.1, 0.15) is 36.4 Å². The van der Waals surface area contributed by atoms with E-state index in [-0.39, 0.29) is 23.0 Å². The van der Waals surface area contributed by atoms with Crippen molar-refractivity contribution in [1.29, 1.82) is 0 Å². The van der Waals surface area contributed by atoms with Crippen LogP contribution in [0, 0.1) is 17.5 Å². The first-order chi connectivity index (χ1) is 16.8. The fourth-order valence-corrected chi connectivity index (χ4v) is 4.02. The Morgan fingerprint density at radius 1 is 0.971 bits per heavy atom. The average Bonchev–Trinajstić information content (AvgIpc) is 3.08. The normalized spacial score (nSPS) is 14.5. The lowest BCUT2D eigenvalue weighted by Gasteiger charge is -2.12. The number of carbonyl (C=O) groups is 3. The highest BCUT2D eigenvalue weighted by Crippen LogP contribution is 2.32. The van der Waals surface area contributed by atoms with E-state index < -0.39 is 35.2 Å². The maximum absolute atomic E-state index is 13.8. The molecule has 1 saturated heterocycles. The summed E-state index contributed by atoms with van der Waals surface area (Å²) in [4.78, 5) is 38.0. The molecule has 178 valence electrons. The Morgan fingerprint density at radius 3 is 2.54 bits per heavy atom. The summed E-state index contributed by atoms with van der Waals surface area (Å²) < 4.78 is 46.2.